The minimum Gasteiger partial charge on any atom is -0.484 e. The number of rotatable bonds is 6. The zero-order chi connectivity index (χ0) is 14.4. The molecule has 0 saturated carbocycles. The van der Waals surface area contributed by atoms with Crippen molar-refractivity contribution in [2.45, 2.75) is 32.6 Å². The minimum atomic E-state index is -0.150. The average Bonchev–Trinajstić information content (AvgIpc) is 2.50. The number of aryl methyl sites for hydroxylation is 2. The van der Waals surface area contributed by atoms with Crippen LogP contribution in [0.5, 0.6) is 5.75 Å². The van der Waals surface area contributed by atoms with Crippen LogP contribution >= 0.6 is 0 Å². The first kappa shape index (κ1) is 14.9. The number of hydrogen-bond acceptors (Lipinski definition) is 3. The zero-order valence-corrected chi connectivity index (χ0v) is 12.0. The van der Waals surface area contributed by atoms with Gasteiger partial charge in [-0.1, -0.05) is 13.0 Å². The number of ether oxygens (including phenoxy) is 1. The Labute approximate surface area is 120 Å². The SMILES string of the molecule is CC(CO)CNC(=O)COc1ccc2c(c1)CCCC2. The second-order valence-corrected chi connectivity index (χ2v) is 5.52. The molecule has 4 nitrogen and oxygen atoms in total. The van der Waals surface area contributed by atoms with E-state index < -0.39 is 0 Å². The van der Waals surface area contributed by atoms with Gasteiger partial charge in [0.25, 0.3) is 5.91 Å². The monoisotopic (exact) mass is 277 g/mol. The number of amides is 1. The third-order valence-corrected chi connectivity index (χ3v) is 3.65. The molecule has 0 saturated heterocycles. The summed E-state index contributed by atoms with van der Waals surface area (Å²) in [4.78, 5) is 11.6. The van der Waals surface area contributed by atoms with Crippen LogP contribution in [0, 0.1) is 5.92 Å². The molecule has 0 spiro atoms. The van der Waals surface area contributed by atoms with Crippen LogP contribution in [-0.4, -0.2) is 30.8 Å². The highest BCUT2D eigenvalue weighted by atomic mass is 16.5. The number of benzene rings is 1. The lowest BCUT2D eigenvalue weighted by Gasteiger charge is -2.17. The maximum atomic E-state index is 11.6. The Kier molecular flexibility index (Phi) is 5.41. The van der Waals surface area contributed by atoms with Crippen LogP contribution in [0.4, 0.5) is 0 Å². The molecule has 1 aromatic carbocycles. The van der Waals surface area contributed by atoms with Gasteiger partial charge in [0.1, 0.15) is 5.75 Å². The summed E-state index contributed by atoms with van der Waals surface area (Å²) in [6.07, 6.45) is 4.75. The van der Waals surface area contributed by atoms with Crippen LogP contribution in [0.15, 0.2) is 18.2 Å². The molecule has 0 aliphatic heterocycles. The second kappa shape index (κ2) is 7.29. The van der Waals surface area contributed by atoms with Crippen molar-refractivity contribution in [2.24, 2.45) is 5.92 Å². The first-order valence-electron chi connectivity index (χ1n) is 7.31. The van der Waals surface area contributed by atoms with Crippen molar-refractivity contribution in [1.29, 1.82) is 0 Å². The minimum absolute atomic E-state index is 0.0247. The lowest BCUT2D eigenvalue weighted by atomic mass is 9.92. The standard InChI is InChI=1S/C16H23NO3/c1-12(10-18)9-17-16(19)11-20-15-7-6-13-4-2-3-5-14(13)8-15/h6-8,12,18H,2-5,9-11H2,1H3,(H,17,19). The van der Waals surface area contributed by atoms with Gasteiger partial charge < -0.3 is 15.2 Å². The third-order valence-electron chi connectivity index (χ3n) is 3.65. The molecule has 0 fully saturated rings. The molecule has 1 unspecified atom stereocenters. The third kappa shape index (κ3) is 4.23. The van der Waals surface area contributed by atoms with Gasteiger partial charge in [0.15, 0.2) is 6.61 Å². The molecule has 1 atom stereocenters. The normalized spacial score (nSPS) is 15.3. The molecule has 1 aromatic rings. The molecular weight excluding hydrogens is 254 g/mol. The first-order valence-corrected chi connectivity index (χ1v) is 7.31. The second-order valence-electron chi connectivity index (χ2n) is 5.52. The summed E-state index contributed by atoms with van der Waals surface area (Å²) in [7, 11) is 0. The fourth-order valence-corrected chi connectivity index (χ4v) is 2.35. The van der Waals surface area contributed by atoms with E-state index in [0.717, 1.165) is 18.6 Å². The molecule has 2 N–H and O–H groups in total. The highest BCUT2D eigenvalue weighted by molar-refractivity contribution is 5.77. The highest BCUT2D eigenvalue weighted by Crippen LogP contribution is 2.25. The van der Waals surface area contributed by atoms with E-state index in [0.29, 0.717) is 6.54 Å². The first-order chi connectivity index (χ1) is 9.69. The van der Waals surface area contributed by atoms with Crippen molar-refractivity contribution < 1.29 is 14.6 Å². The summed E-state index contributed by atoms with van der Waals surface area (Å²) in [5, 5.41) is 11.6. The molecule has 2 rings (SSSR count). The van der Waals surface area contributed by atoms with Crippen LogP contribution in [0.2, 0.25) is 0 Å². The van der Waals surface area contributed by atoms with Gasteiger partial charge in [0, 0.05) is 13.2 Å². The Bertz CT molecular complexity index is 459. The molecule has 20 heavy (non-hydrogen) atoms. The number of hydrogen-bond donors (Lipinski definition) is 2. The number of carbonyl (C=O) groups excluding carboxylic acids is 1. The van der Waals surface area contributed by atoms with Crippen molar-refractivity contribution in [3.63, 3.8) is 0 Å². The van der Waals surface area contributed by atoms with Gasteiger partial charge in [-0.05, 0) is 54.9 Å². The molecule has 1 amide bonds. The van der Waals surface area contributed by atoms with Crippen molar-refractivity contribution in [3.05, 3.63) is 29.3 Å². The van der Waals surface area contributed by atoms with Crippen LogP contribution in [0.3, 0.4) is 0 Å². The van der Waals surface area contributed by atoms with Gasteiger partial charge in [-0.15, -0.1) is 0 Å². The van der Waals surface area contributed by atoms with E-state index in [2.05, 4.69) is 17.4 Å². The molecule has 4 heteroatoms. The van der Waals surface area contributed by atoms with Gasteiger partial charge in [0.2, 0.25) is 0 Å². The van der Waals surface area contributed by atoms with Crippen LogP contribution < -0.4 is 10.1 Å². The topological polar surface area (TPSA) is 58.6 Å². The summed E-state index contributed by atoms with van der Waals surface area (Å²) in [6, 6.07) is 6.10. The predicted molar refractivity (Wildman–Crippen MR) is 77.8 cm³/mol. The van der Waals surface area contributed by atoms with E-state index in [4.69, 9.17) is 9.84 Å². The quantitative estimate of drug-likeness (QED) is 0.832. The number of aliphatic hydroxyl groups is 1. The van der Waals surface area contributed by atoms with E-state index in [1.165, 1.54) is 24.0 Å². The van der Waals surface area contributed by atoms with Crippen LogP contribution in [0.25, 0.3) is 0 Å². The molecule has 1 aliphatic rings. The van der Waals surface area contributed by atoms with Gasteiger partial charge in [0.05, 0.1) is 0 Å². The number of aliphatic hydroxyl groups excluding tert-OH is 1. The Morgan fingerprint density at radius 3 is 2.85 bits per heavy atom. The van der Waals surface area contributed by atoms with E-state index in [9.17, 15) is 4.79 Å². The smallest absolute Gasteiger partial charge is 0.257 e. The molecule has 0 radical (unpaired) electrons. The lowest BCUT2D eigenvalue weighted by molar-refractivity contribution is -0.123. The molecule has 0 aromatic heterocycles. The van der Waals surface area contributed by atoms with E-state index >= 15 is 0 Å². The maximum absolute atomic E-state index is 11.6. The Balaban J connectivity index is 1.80. The van der Waals surface area contributed by atoms with Crippen molar-refractivity contribution in [3.8, 4) is 5.75 Å². The molecule has 0 bridgehead atoms. The van der Waals surface area contributed by atoms with E-state index in [1.54, 1.807) is 0 Å². The van der Waals surface area contributed by atoms with Gasteiger partial charge in [-0.25, -0.2) is 0 Å². The van der Waals surface area contributed by atoms with Gasteiger partial charge in [-0.3, -0.25) is 4.79 Å². The van der Waals surface area contributed by atoms with E-state index in [-0.39, 0.29) is 25.0 Å². The summed E-state index contributed by atoms with van der Waals surface area (Å²) >= 11 is 0. The largest absolute Gasteiger partial charge is 0.484 e. The Hall–Kier alpha value is -1.55. The van der Waals surface area contributed by atoms with Crippen LogP contribution in [0.1, 0.15) is 30.9 Å². The fourth-order valence-electron chi connectivity index (χ4n) is 2.35. The Morgan fingerprint density at radius 2 is 2.10 bits per heavy atom. The maximum Gasteiger partial charge on any atom is 0.257 e. The zero-order valence-electron chi connectivity index (χ0n) is 12.0. The van der Waals surface area contributed by atoms with E-state index in [1.807, 2.05) is 13.0 Å². The molecule has 0 heterocycles. The molecule has 1 aliphatic carbocycles. The number of nitrogens with one attached hydrogen (secondary N) is 1. The lowest BCUT2D eigenvalue weighted by Crippen LogP contribution is -2.33. The predicted octanol–water partition coefficient (Wildman–Crippen LogP) is 1.69. The average molecular weight is 277 g/mol. The van der Waals surface area contributed by atoms with Crippen molar-refractivity contribution >= 4 is 5.91 Å². The summed E-state index contributed by atoms with van der Waals surface area (Å²) in [5.41, 5.74) is 2.76. The number of fused-ring (bicyclic) bond motifs is 1. The highest BCUT2D eigenvalue weighted by Gasteiger charge is 2.11. The van der Waals surface area contributed by atoms with Gasteiger partial charge in [-0.2, -0.15) is 0 Å². The molecule has 110 valence electrons. The summed E-state index contributed by atoms with van der Waals surface area (Å²) < 4.78 is 5.53. The van der Waals surface area contributed by atoms with Crippen molar-refractivity contribution in [1.82, 2.24) is 5.32 Å². The van der Waals surface area contributed by atoms with Crippen molar-refractivity contribution in [2.75, 3.05) is 19.8 Å². The Morgan fingerprint density at radius 1 is 1.35 bits per heavy atom. The fraction of sp³-hybridized carbons (Fsp3) is 0.562. The summed E-state index contributed by atoms with van der Waals surface area (Å²) in [6.45, 7) is 2.45. The van der Waals surface area contributed by atoms with Crippen LogP contribution in [-0.2, 0) is 17.6 Å². The summed E-state index contributed by atoms with van der Waals surface area (Å²) in [5.74, 6) is 0.682. The number of carbonyl (C=O) groups is 1. The molecular formula is C16H23NO3. The van der Waals surface area contributed by atoms with Gasteiger partial charge >= 0.3 is 0 Å².